The molecule has 1 aliphatic carbocycles. The Balaban J connectivity index is 1.90. The SMILES string of the molecule is CCN(Cc1cccs1)CC1(O)CCCC1. The van der Waals surface area contributed by atoms with Gasteiger partial charge in [-0.05, 0) is 30.8 Å². The Morgan fingerprint density at radius 3 is 2.75 bits per heavy atom. The average Bonchev–Trinajstić information content (AvgIpc) is 2.89. The lowest BCUT2D eigenvalue weighted by Gasteiger charge is -2.30. The predicted octanol–water partition coefficient (Wildman–Crippen LogP) is 2.88. The van der Waals surface area contributed by atoms with Gasteiger partial charge in [-0.3, -0.25) is 4.90 Å². The van der Waals surface area contributed by atoms with Gasteiger partial charge in [-0.25, -0.2) is 0 Å². The largest absolute Gasteiger partial charge is 0.389 e. The Labute approximate surface area is 102 Å². The highest BCUT2D eigenvalue weighted by molar-refractivity contribution is 7.09. The molecule has 2 nitrogen and oxygen atoms in total. The molecule has 0 atom stereocenters. The number of rotatable bonds is 5. The van der Waals surface area contributed by atoms with Crippen LogP contribution in [0.2, 0.25) is 0 Å². The minimum atomic E-state index is -0.409. The van der Waals surface area contributed by atoms with Crippen molar-refractivity contribution in [3.8, 4) is 0 Å². The number of hydrogen-bond donors (Lipinski definition) is 1. The molecule has 1 heterocycles. The Bertz CT molecular complexity index is 304. The molecule has 2 rings (SSSR count). The van der Waals surface area contributed by atoms with Gasteiger partial charge in [0.15, 0.2) is 0 Å². The molecule has 1 aromatic rings. The second-order valence-corrected chi connectivity index (χ2v) is 5.85. The first kappa shape index (κ1) is 12.1. The van der Waals surface area contributed by atoms with E-state index in [1.807, 2.05) is 0 Å². The van der Waals surface area contributed by atoms with Crippen LogP contribution < -0.4 is 0 Å². The van der Waals surface area contributed by atoms with Gasteiger partial charge in [0.2, 0.25) is 0 Å². The van der Waals surface area contributed by atoms with Gasteiger partial charge in [0.25, 0.3) is 0 Å². The number of aliphatic hydroxyl groups is 1. The minimum absolute atomic E-state index is 0.409. The lowest BCUT2D eigenvalue weighted by Crippen LogP contribution is -2.40. The predicted molar refractivity (Wildman–Crippen MR) is 68.7 cm³/mol. The van der Waals surface area contributed by atoms with E-state index in [0.29, 0.717) is 0 Å². The summed E-state index contributed by atoms with van der Waals surface area (Å²) in [4.78, 5) is 3.75. The fraction of sp³-hybridized carbons (Fsp3) is 0.692. The molecule has 0 bridgehead atoms. The summed E-state index contributed by atoms with van der Waals surface area (Å²) in [5, 5.41) is 12.5. The van der Waals surface area contributed by atoms with Crippen molar-refractivity contribution in [2.75, 3.05) is 13.1 Å². The number of thiophene rings is 1. The molecule has 1 fully saturated rings. The zero-order chi connectivity index (χ0) is 11.4. The molecule has 1 N–H and O–H groups in total. The van der Waals surface area contributed by atoms with E-state index in [4.69, 9.17) is 0 Å². The van der Waals surface area contributed by atoms with Crippen LogP contribution in [0, 0.1) is 0 Å². The Kier molecular flexibility index (Phi) is 4.00. The monoisotopic (exact) mass is 239 g/mol. The van der Waals surface area contributed by atoms with Gasteiger partial charge in [0, 0.05) is 18.0 Å². The highest BCUT2D eigenvalue weighted by Crippen LogP contribution is 2.30. The normalized spacial score (nSPS) is 19.4. The second kappa shape index (κ2) is 5.30. The summed E-state index contributed by atoms with van der Waals surface area (Å²) in [6.45, 7) is 5.00. The summed E-state index contributed by atoms with van der Waals surface area (Å²) < 4.78 is 0. The van der Waals surface area contributed by atoms with Gasteiger partial charge < -0.3 is 5.11 Å². The van der Waals surface area contributed by atoms with Gasteiger partial charge in [-0.1, -0.05) is 25.8 Å². The van der Waals surface area contributed by atoms with Crippen molar-refractivity contribution < 1.29 is 5.11 Å². The fourth-order valence-corrected chi connectivity index (χ4v) is 3.26. The maximum Gasteiger partial charge on any atom is 0.0774 e. The standard InChI is InChI=1S/C13H21NOS/c1-2-14(10-12-6-5-9-16-12)11-13(15)7-3-4-8-13/h5-6,9,15H,2-4,7-8,10-11H2,1H3. The van der Waals surface area contributed by atoms with E-state index in [9.17, 15) is 5.11 Å². The summed E-state index contributed by atoms with van der Waals surface area (Å²) in [5.74, 6) is 0. The topological polar surface area (TPSA) is 23.5 Å². The van der Waals surface area contributed by atoms with E-state index in [-0.39, 0.29) is 0 Å². The molecule has 0 saturated heterocycles. The van der Waals surface area contributed by atoms with E-state index in [1.54, 1.807) is 11.3 Å². The van der Waals surface area contributed by atoms with Crippen molar-refractivity contribution in [3.63, 3.8) is 0 Å². The second-order valence-electron chi connectivity index (χ2n) is 4.81. The molecule has 90 valence electrons. The molecule has 0 aliphatic heterocycles. The molecule has 1 saturated carbocycles. The van der Waals surface area contributed by atoms with Gasteiger partial charge in [-0.2, -0.15) is 0 Å². The van der Waals surface area contributed by atoms with E-state index >= 15 is 0 Å². The molecule has 0 unspecified atom stereocenters. The van der Waals surface area contributed by atoms with Gasteiger partial charge in [-0.15, -0.1) is 11.3 Å². The molecule has 0 aromatic carbocycles. The van der Waals surface area contributed by atoms with Gasteiger partial charge in [0.05, 0.1) is 5.60 Å². The van der Waals surface area contributed by atoms with Crippen molar-refractivity contribution in [1.82, 2.24) is 4.90 Å². The van der Waals surface area contributed by atoms with Crippen LogP contribution in [-0.4, -0.2) is 28.7 Å². The molecule has 1 aromatic heterocycles. The van der Waals surface area contributed by atoms with E-state index in [0.717, 1.165) is 32.5 Å². The maximum absolute atomic E-state index is 10.4. The highest BCUT2D eigenvalue weighted by Gasteiger charge is 2.32. The van der Waals surface area contributed by atoms with Crippen molar-refractivity contribution in [1.29, 1.82) is 0 Å². The van der Waals surface area contributed by atoms with Crippen molar-refractivity contribution in [2.24, 2.45) is 0 Å². The Hall–Kier alpha value is -0.380. The summed E-state index contributed by atoms with van der Waals surface area (Å²) >= 11 is 1.80. The molecule has 1 aliphatic rings. The summed E-state index contributed by atoms with van der Waals surface area (Å²) in [6, 6.07) is 4.27. The van der Waals surface area contributed by atoms with Crippen molar-refractivity contribution >= 4 is 11.3 Å². The third-order valence-corrected chi connectivity index (χ3v) is 4.32. The van der Waals surface area contributed by atoms with E-state index < -0.39 is 5.60 Å². The first-order chi connectivity index (χ1) is 7.72. The van der Waals surface area contributed by atoms with Crippen LogP contribution in [0.1, 0.15) is 37.5 Å². The van der Waals surface area contributed by atoms with Crippen LogP contribution in [0.5, 0.6) is 0 Å². The molecule has 0 spiro atoms. The molecule has 0 radical (unpaired) electrons. The third-order valence-electron chi connectivity index (χ3n) is 3.46. The van der Waals surface area contributed by atoms with Crippen LogP contribution in [0.4, 0.5) is 0 Å². The van der Waals surface area contributed by atoms with Gasteiger partial charge >= 0.3 is 0 Å². The lowest BCUT2D eigenvalue weighted by atomic mass is 10.0. The summed E-state index contributed by atoms with van der Waals surface area (Å²) in [6.07, 6.45) is 4.34. The lowest BCUT2D eigenvalue weighted by molar-refractivity contribution is 0.00875. The highest BCUT2D eigenvalue weighted by atomic mass is 32.1. The molecule has 3 heteroatoms. The fourth-order valence-electron chi connectivity index (χ4n) is 2.51. The average molecular weight is 239 g/mol. The Morgan fingerprint density at radius 1 is 1.44 bits per heavy atom. The quantitative estimate of drug-likeness (QED) is 0.854. The molecule has 0 amide bonds. The first-order valence-corrected chi connectivity index (χ1v) is 7.07. The van der Waals surface area contributed by atoms with Crippen LogP contribution in [0.15, 0.2) is 17.5 Å². The summed E-state index contributed by atoms with van der Waals surface area (Å²) in [7, 11) is 0. The summed E-state index contributed by atoms with van der Waals surface area (Å²) in [5.41, 5.74) is -0.409. The van der Waals surface area contributed by atoms with Crippen LogP contribution in [0.3, 0.4) is 0 Å². The van der Waals surface area contributed by atoms with Crippen LogP contribution in [-0.2, 0) is 6.54 Å². The molecular formula is C13H21NOS. The number of hydrogen-bond acceptors (Lipinski definition) is 3. The van der Waals surface area contributed by atoms with Crippen molar-refractivity contribution in [2.45, 2.75) is 44.8 Å². The van der Waals surface area contributed by atoms with Gasteiger partial charge in [0.1, 0.15) is 0 Å². The molecule has 16 heavy (non-hydrogen) atoms. The number of nitrogens with zero attached hydrogens (tertiary/aromatic N) is 1. The third kappa shape index (κ3) is 3.06. The first-order valence-electron chi connectivity index (χ1n) is 6.19. The molecular weight excluding hydrogens is 218 g/mol. The number of likely N-dealkylation sites (N-methyl/N-ethyl adjacent to an activating group) is 1. The van der Waals surface area contributed by atoms with Crippen molar-refractivity contribution in [3.05, 3.63) is 22.4 Å². The Morgan fingerprint density at radius 2 is 2.19 bits per heavy atom. The van der Waals surface area contributed by atoms with Crippen LogP contribution in [0.25, 0.3) is 0 Å². The minimum Gasteiger partial charge on any atom is -0.389 e. The zero-order valence-corrected chi connectivity index (χ0v) is 10.8. The van der Waals surface area contributed by atoms with E-state index in [1.165, 1.54) is 17.7 Å². The van der Waals surface area contributed by atoms with Crippen LogP contribution >= 0.6 is 11.3 Å². The van der Waals surface area contributed by atoms with E-state index in [2.05, 4.69) is 29.3 Å². The zero-order valence-electron chi connectivity index (χ0n) is 9.98. The smallest absolute Gasteiger partial charge is 0.0774 e. The maximum atomic E-state index is 10.4.